The Hall–Kier alpha value is -2.11. The number of pyridine rings is 1. The molecule has 0 aliphatic carbocycles. The van der Waals surface area contributed by atoms with Crippen molar-refractivity contribution in [1.29, 1.82) is 0 Å². The summed E-state index contributed by atoms with van der Waals surface area (Å²) in [5.41, 5.74) is 0.0285. The second-order valence-electron chi connectivity index (χ2n) is 5.22. The van der Waals surface area contributed by atoms with Gasteiger partial charge in [-0.25, -0.2) is 0 Å². The average Bonchev–Trinajstić information content (AvgIpc) is 2.38. The third-order valence-corrected chi connectivity index (χ3v) is 2.79. The molecule has 0 unspecified atom stereocenters. The molecule has 1 heterocycles. The van der Waals surface area contributed by atoms with Gasteiger partial charge in [-0.15, -0.1) is 0 Å². The fourth-order valence-electron chi connectivity index (χ4n) is 1.56. The number of nitrogens with zero attached hydrogens (tertiary/aromatic N) is 2. The van der Waals surface area contributed by atoms with Crippen LogP contribution in [0, 0.1) is 5.92 Å². The number of aromatic nitrogens is 1. The van der Waals surface area contributed by atoms with E-state index in [0.29, 0.717) is 12.5 Å². The standard InChI is InChI=1S/C14H21N3O3/c1-10(2)8-15-12(18)9-17(4)14(20)11-5-6-16(3)13(19)7-11/h5-7,10H,8-9H2,1-4H3,(H,15,18). The molecule has 110 valence electrons. The van der Waals surface area contributed by atoms with Gasteiger partial charge in [0.1, 0.15) is 0 Å². The van der Waals surface area contributed by atoms with Gasteiger partial charge in [0.05, 0.1) is 6.54 Å². The molecule has 6 heteroatoms. The monoisotopic (exact) mass is 279 g/mol. The molecule has 1 rings (SSSR count). The molecule has 1 aromatic rings. The number of hydrogen-bond donors (Lipinski definition) is 1. The van der Waals surface area contributed by atoms with Gasteiger partial charge >= 0.3 is 0 Å². The van der Waals surface area contributed by atoms with Crippen LogP contribution >= 0.6 is 0 Å². The average molecular weight is 279 g/mol. The number of amides is 2. The summed E-state index contributed by atoms with van der Waals surface area (Å²) >= 11 is 0. The Morgan fingerprint density at radius 3 is 2.60 bits per heavy atom. The number of aryl methyl sites for hydroxylation is 1. The van der Waals surface area contributed by atoms with Crippen molar-refractivity contribution < 1.29 is 9.59 Å². The largest absolute Gasteiger partial charge is 0.354 e. The van der Waals surface area contributed by atoms with Crippen molar-refractivity contribution in [3.63, 3.8) is 0 Å². The fraction of sp³-hybridized carbons (Fsp3) is 0.500. The van der Waals surface area contributed by atoms with Gasteiger partial charge in [0.15, 0.2) is 0 Å². The highest BCUT2D eigenvalue weighted by atomic mass is 16.2. The highest BCUT2D eigenvalue weighted by Gasteiger charge is 2.15. The maximum atomic E-state index is 12.1. The minimum absolute atomic E-state index is 0.0270. The van der Waals surface area contributed by atoms with E-state index in [2.05, 4.69) is 5.32 Å². The quantitative estimate of drug-likeness (QED) is 0.838. The molecule has 20 heavy (non-hydrogen) atoms. The summed E-state index contributed by atoms with van der Waals surface area (Å²) in [5.74, 6) is -0.196. The smallest absolute Gasteiger partial charge is 0.254 e. The molecule has 0 saturated carbocycles. The summed E-state index contributed by atoms with van der Waals surface area (Å²) in [4.78, 5) is 36.5. The van der Waals surface area contributed by atoms with Gasteiger partial charge in [-0.2, -0.15) is 0 Å². The fourth-order valence-corrected chi connectivity index (χ4v) is 1.56. The van der Waals surface area contributed by atoms with E-state index in [9.17, 15) is 14.4 Å². The van der Waals surface area contributed by atoms with Crippen LogP contribution in [0.15, 0.2) is 23.1 Å². The van der Waals surface area contributed by atoms with E-state index in [-0.39, 0.29) is 29.5 Å². The molecule has 1 aromatic heterocycles. The lowest BCUT2D eigenvalue weighted by atomic mass is 10.2. The zero-order chi connectivity index (χ0) is 15.3. The first kappa shape index (κ1) is 15.9. The molecule has 0 atom stereocenters. The highest BCUT2D eigenvalue weighted by molar-refractivity contribution is 5.96. The summed E-state index contributed by atoms with van der Waals surface area (Å²) in [6.45, 7) is 4.54. The second-order valence-corrected chi connectivity index (χ2v) is 5.22. The van der Waals surface area contributed by atoms with Crippen LogP contribution in [0.3, 0.4) is 0 Å². The number of carbonyl (C=O) groups excluding carboxylic acids is 2. The molecule has 2 amide bonds. The number of nitrogens with one attached hydrogen (secondary N) is 1. The molecule has 0 aliphatic rings. The first-order valence-electron chi connectivity index (χ1n) is 6.50. The molecule has 0 spiro atoms. The zero-order valence-corrected chi connectivity index (χ0v) is 12.3. The molecule has 0 aromatic carbocycles. The minimum atomic E-state index is -0.345. The Kier molecular flexibility index (Phi) is 5.49. The Morgan fingerprint density at radius 2 is 2.05 bits per heavy atom. The third-order valence-electron chi connectivity index (χ3n) is 2.79. The predicted molar refractivity (Wildman–Crippen MR) is 76.5 cm³/mol. The van der Waals surface area contributed by atoms with Crippen LogP contribution in [0.1, 0.15) is 24.2 Å². The summed E-state index contributed by atoms with van der Waals surface area (Å²) in [6.07, 6.45) is 1.53. The summed E-state index contributed by atoms with van der Waals surface area (Å²) < 4.78 is 1.38. The van der Waals surface area contributed by atoms with Crippen LogP contribution in [-0.4, -0.2) is 41.4 Å². The SMILES string of the molecule is CC(C)CNC(=O)CN(C)C(=O)c1ccn(C)c(=O)c1. The third kappa shape index (κ3) is 4.53. The lowest BCUT2D eigenvalue weighted by molar-refractivity contribution is -0.121. The molecular formula is C14H21N3O3. The van der Waals surface area contributed by atoms with Gasteiger partial charge in [-0.05, 0) is 12.0 Å². The lowest BCUT2D eigenvalue weighted by Gasteiger charge is -2.17. The van der Waals surface area contributed by atoms with Gasteiger partial charge in [0.2, 0.25) is 5.91 Å². The maximum absolute atomic E-state index is 12.1. The summed E-state index contributed by atoms with van der Waals surface area (Å²) in [5, 5.41) is 2.74. The van der Waals surface area contributed by atoms with Crippen LogP contribution in [0.25, 0.3) is 0 Å². The topological polar surface area (TPSA) is 71.4 Å². The normalized spacial score (nSPS) is 10.4. The van der Waals surface area contributed by atoms with E-state index in [1.165, 1.54) is 28.8 Å². The van der Waals surface area contributed by atoms with E-state index in [4.69, 9.17) is 0 Å². The van der Waals surface area contributed by atoms with Gasteiger partial charge < -0.3 is 14.8 Å². The van der Waals surface area contributed by atoms with E-state index in [0.717, 1.165) is 0 Å². The van der Waals surface area contributed by atoms with E-state index in [1.807, 2.05) is 13.8 Å². The second kappa shape index (κ2) is 6.88. The van der Waals surface area contributed by atoms with Crippen molar-refractivity contribution in [2.75, 3.05) is 20.1 Å². The summed E-state index contributed by atoms with van der Waals surface area (Å²) in [7, 11) is 3.15. The number of hydrogen-bond acceptors (Lipinski definition) is 3. The van der Waals surface area contributed by atoms with E-state index in [1.54, 1.807) is 13.1 Å². The predicted octanol–water partition coefficient (Wildman–Crippen LogP) is 0.229. The van der Waals surface area contributed by atoms with Crippen LogP contribution in [-0.2, 0) is 11.8 Å². The molecule has 1 N–H and O–H groups in total. The van der Waals surface area contributed by atoms with Crippen LogP contribution < -0.4 is 10.9 Å². The Balaban J connectivity index is 2.64. The minimum Gasteiger partial charge on any atom is -0.354 e. The number of carbonyl (C=O) groups is 2. The number of likely N-dealkylation sites (N-methyl/N-ethyl adjacent to an activating group) is 1. The molecule has 0 fully saturated rings. The van der Waals surface area contributed by atoms with Gasteiger partial charge in [-0.1, -0.05) is 13.8 Å². The maximum Gasteiger partial charge on any atom is 0.254 e. The Labute approximate surface area is 118 Å². The van der Waals surface area contributed by atoms with E-state index >= 15 is 0 Å². The zero-order valence-electron chi connectivity index (χ0n) is 12.3. The molecule has 6 nitrogen and oxygen atoms in total. The van der Waals surface area contributed by atoms with Crippen molar-refractivity contribution in [1.82, 2.24) is 14.8 Å². The Morgan fingerprint density at radius 1 is 1.40 bits per heavy atom. The van der Waals surface area contributed by atoms with Crippen LogP contribution in [0.4, 0.5) is 0 Å². The number of rotatable bonds is 5. The van der Waals surface area contributed by atoms with Crippen molar-refractivity contribution >= 4 is 11.8 Å². The van der Waals surface area contributed by atoms with Crippen molar-refractivity contribution in [3.8, 4) is 0 Å². The van der Waals surface area contributed by atoms with Crippen molar-refractivity contribution in [3.05, 3.63) is 34.2 Å². The van der Waals surface area contributed by atoms with Gasteiger partial charge in [-0.3, -0.25) is 14.4 Å². The molecule has 0 aliphatic heterocycles. The molecule has 0 radical (unpaired) electrons. The first-order chi connectivity index (χ1) is 9.31. The van der Waals surface area contributed by atoms with Crippen molar-refractivity contribution in [2.45, 2.75) is 13.8 Å². The van der Waals surface area contributed by atoms with Gasteiger partial charge in [0, 0.05) is 38.5 Å². The molecule has 0 bridgehead atoms. The van der Waals surface area contributed by atoms with Crippen LogP contribution in [0.2, 0.25) is 0 Å². The van der Waals surface area contributed by atoms with Gasteiger partial charge in [0.25, 0.3) is 11.5 Å². The Bertz CT molecular complexity index is 549. The van der Waals surface area contributed by atoms with Crippen LogP contribution in [0.5, 0.6) is 0 Å². The van der Waals surface area contributed by atoms with Crippen molar-refractivity contribution in [2.24, 2.45) is 13.0 Å². The van der Waals surface area contributed by atoms with E-state index < -0.39 is 0 Å². The molecule has 0 saturated heterocycles. The summed E-state index contributed by atoms with van der Waals surface area (Å²) in [6, 6.07) is 2.83. The lowest BCUT2D eigenvalue weighted by Crippen LogP contribution is -2.39. The highest BCUT2D eigenvalue weighted by Crippen LogP contribution is 2.00. The first-order valence-corrected chi connectivity index (χ1v) is 6.50. The molecular weight excluding hydrogens is 258 g/mol.